The van der Waals surface area contributed by atoms with Crippen LogP contribution in [0.4, 0.5) is 0 Å². The molecular formula is C150H104. The van der Waals surface area contributed by atoms with Crippen LogP contribution in [0.5, 0.6) is 0 Å². The molecule has 0 saturated heterocycles. The van der Waals surface area contributed by atoms with Gasteiger partial charge in [0.15, 0.2) is 0 Å². The van der Waals surface area contributed by atoms with E-state index in [-0.39, 0.29) is 10.8 Å². The van der Waals surface area contributed by atoms with Gasteiger partial charge in [-0.15, -0.1) is 0 Å². The first-order valence-electron chi connectivity index (χ1n) is 52.5. The van der Waals surface area contributed by atoms with Crippen molar-refractivity contribution in [2.75, 3.05) is 0 Å². The Kier molecular flexibility index (Phi) is 22.5. The van der Waals surface area contributed by atoms with Gasteiger partial charge in [0.25, 0.3) is 0 Å². The van der Waals surface area contributed by atoms with E-state index >= 15 is 0 Å². The molecule has 0 aliphatic heterocycles. The summed E-state index contributed by atoms with van der Waals surface area (Å²) >= 11 is 0. The van der Waals surface area contributed by atoms with Crippen LogP contribution in [-0.2, 0) is 10.8 Å². The Morgan fingerprint density at radius 2 is 0.260 bits per heavy atom. The predicted molar refractivity (Wildman–Crippen MR) is 633 cm³/mol. The molecule has 0 atom stereocenters. The van der Waals surface area contributed by atoms with Crippen molar-refractivity contribution in [3.8, 4) is 134 Å². The molecule has 0 fully saturated rings. The highest BCUT2D eigenvalue weighted by atomic mass is 14.5. The predicted octanol–water partition coefficient (Wildman–Crippen LogP) is 39.4. The highest BCUT2D eigenvalue weighted by Crippen LogP contribution is 2.67. The van der Waals surface area contributed by atoms with Crippen LogP contribution in [0.2, 0.25) is 0 Å². The van der Waals surface area contributed by atoms with Crippen LogP contribution in [0.15, 0.2) is 569 Å². The summed E-state index contributed by atoms with van der Waals surface area (Å²) < 4.78 is 0. The SMILES string of the molecule is CC1(C)c2ccccc2-c2c(-c3ccc(C4=C(c5ccc(-c6cccc7c6-c6ccccc6C7(C)C)cc5)C(c5ccccc5)=C5C4=C(c4ccccc4)c4cc(-c6ccccc6)c(-c6ccccc6)cc45)cc3)cccc21.c1ccc(C2=C3C(=C(c4ccccc4)c4cc(-c5ccccc5)c(-c5ccccc5)cc43)C(c3ccccc3-c3ccc(-c4ccccc4)cc3)=C2c2ccccc2-c2ccc(-c3ccccc3)cc2)cc1. The lowest BCUT2D eigenvalue weighted by Gasteiger charge is -2.21. The molecule has 0 N–H and O–H groups in total. The zero-order valence-corrected chi connectivity index (χ0v) is 84.1. The quantitative estimate of drug-likeness (QED) is 0.0803. The van der Waals surface area contributed by atoms with Gasteiger partial charge in [0.1, 0.15) is 0 Å². The van der Waals surface area contributed by atoms with Gasteiger partial charge in [0.05, 0.1) is 0 Å². The van der Waals surface area contributed by atoms with Gasteiger partial charge in [-0.05, 0) is 314 Å². The summed E-state index contributed by atoms with van der Waals surface area (Å²) in [7, 11) is 0. The molecule has 0 aromatic heterocycles. The van der Waals surface area contributed by atoms with Gasteiger partial charge in [-0.2, -0.15) is 0 Å². The molecule has 22 aromatic rings. The molecule has 0 heteroatoms. The van der Waals surface area contributed by atoms with Crippen LogP contribution >= 0.6 is 0 Å². The Labute approximate surface area is 879 Å². The summed E-state index contributed by atoms with van der Waals surface area (Å²) in [5, 5.41) is 0. The summed E-state index contributed by atoms with van der Waals surface area (Å²) in [6, 6.07) is 207. The average molecular weight is 1910 g/mol. The highest BCUT2D eigenvalue weighted by molar-refractivity contribution is 6.42. The Hall–Kier alpha value is -18.7. The molecule has 28 rings (SSSR count). The van der Waals surface area contributed by atoms with Crippen molar-refractivity contribution in [2.24, 2.45) is 0 Å². The summed E-state index contributed by atoms with van der Waals surface area (Å²) in [6.07, 6.45) is 0. The van der Waals surface area contributed by atoms with Crippen LogP contribution in [0.3, 0.4) is 0 Å². The van der Waals surface area contributed by atoms with Crippen LogP contribution in [0, 0.1) is 0 Å². The third-order valence-electron chi connectivity index (χ3n) is 32.2. The standard InChI is InChI=1S/C78H56.C72H48/c1-77(2)65-35-19-17-31-59(65)73-57(33-21-37-67(73)77)51-39-43-55(44-40-51)70-71(54-29-15-8-16-30-54)75-64-48-62(50-25-11-6-12-26-50)61(49-23-9-5-10-24-49)47-63(64)69(53-27-13-7-14-28-53)76(75)72(70)56-45-41-52(42-46-56)58-34-22-38-68-74(58)60-32-18-20-36-66(60)78(68,3)4;1-7-23-49(24-8-1)51-39-43-55(44-40-51)59-35-19-21-37-61(59)69-68(58-33-17-6-18-34-58)71-66-48-64(54-29-13-4-14-30-54)63(53-27-11-3-12-28-53)47-65(66)67(57-31-15-5-16-32-57)72(71)70(69)62-38-22-20-36-60(62)56-45-41-52(42-46-56)50-25-9-2-10-26-50/h5-48H,1-4H3;1-48H. The van der Waals surface area contributed by atoms with Crippen LogP contribution in [-0.4, -0.2) is 0 Å². The second-order valence-corrected chi connectivity index (χ2v) is 41.2. The van der Waals surface area contributed by atoms with Gasteiger partial charge in [-0.3, -0.25) is 0 Å². The molecule has 150 heavy (non-hydrogen) atoms. The number of hydrogen-bond donors (Lipinski definition) is 0. The van der Waals surface area contributed by atoms with Gasteiger partial charge in [0, 0.05) is 10.8 Å². The summed E-state index contributed by atoms with van der Waals surface area (Å²) in [5.74, 6) is 0. The molecule has 0 bridgehead atoms. The first kappa shape index (κ1) is 90.1. The van der Waals surface area contributed by atoms with E-state index in [1.807, 2.05) is 0 Å². The largest absolute Gasteiger partial charge is 0.0622 e. The Morgan fingerprint density at radius 3 is 0.573 bits per heavy atom. The van der Waals surface area contributed by atoms with Crippen molar-refractivity contribution >= 4 is 55.7 Å². The van der Waals surface area contributed by atoms with Crippen LogP contribution in [0.25, 0.3) is 189 Å². The first-order chi connectivity index (χ1) is 74.0. The molecule has 0 radical (unpaired) electrons. The number of benzene rings is 22. The minimum atomic E-state index is -0.0862. The van der Waals surface area contributed by atoms with Crippen molar-refractivity contribution in [1.29, 1.82) is 0 Å². The summed E-state index contributed by atoms with van der Waals surface area (Å²) in [4.78, 5) is 0. The average Bonchev–Trinajstić information content (AvgIpc) is 1.52. The minimum absolute atomic E-state index is 0.0834. The van der Waals surface area contributed by atoms with Crippen molar-refractivity contribution in [3.63, 3.8) is 0 Å². The summed E-state index contributed by atoms with van der Waals surface area (Å²) in [5.41, 5.74) is 64.5. The van der Waals surface area contributed by atoms with Gasteiger partial charge in [-0.25, -0.2) is 0 Å². The molecule has 0 saturated carbocycles. The van der Waals surface area contributed by atoms with Gasteiger partial charge >= 0.3 is 0 Å². The molecule has 6 aliphatic carbocycles. The van der Waals surface area contributed by atoms with E-state index in [4.69, 9.17) is 0 Å². The third kappa shape index (κ3) is 15.3. The van der Waals surface area contributed by atoms with Gasteiger partial charge in [0.2, 0.25) is 0 Å². The lowest BCUT2D eigenvalue weighted by Crippen LogP contribution is -2.14. The molecule has 0 unspecified atom stereocenters. The smallest absolute Gasteiger partial charge is 0.0159 e. The summed E-state index contributed by atoms with van der Waals surface area (Å²) in [6.45, 7) is 9.48. The third-order valence-corrected chi connectivity index (χ3v) is 32.2. The van der Waals surface area contributed by atoms with Crippen LogP contribution in [0.1, 0.15) is 117 Å². The maximum atomic E-state index is 2.51. The van der Waals surface area contributed by atoms with E-state index in [1.54, 1.807) is 0 Å². The van der Waals surface area contributed by atoms with Crippen molar-refractivity contribution in [3.05, 3.63) is 658 Å². The lowest BCUT2D eigenvalue weighted by atomic mass is 9.81. The lowest BCUT2D eigenvalue weighted by molar-refractivity contribution is 0.660. The number of fused-ring (bicyclic) bond motifs is 12. The van der Waals surface area contributed by atoms with E-state index in [9.17, 15) is 0 Å². The normalized spacial score (nSPS) is 13.9. The molecule has 0 spiro atoms. The van der Waals surface area contributed by atoms with Gasteiger partial charge < -0.3 is 0 Å². The number of allylic oxidation sites excluding steroid dienone is 10. The van der Waals surface area contributed by atoms with Crippen LogP contribution < -0.4 is 0 Å². The van der Waals surface area contributed by atoms with Gasteiger partial charge in [-0.1, -0.05) is 562 Å². The molecule has 0 nitrogen and oxygen atoms in total. The maximum absolute atomic E-state index is 2.51. The Balaban J connectivity index is 0.000000148. The first-order valence-corrected chi connectivity index (χ1v) is 52.5. The number of hydrogen-bond acceptors (Lipinski definition) is 0. The topological polar surface area (TPSA) is 0 Å². The molecule has 0 heterocycles. The van der Waals surface area contributed by atoms with E-state index in [0.29, 0.717) is 0 Å². The van der Waals surface area contributed by atoms with Crippen molar-refractivity contribution in [1.82, 2.24) is 0 Å². The fourth-order valence-electron chi connectivity index (χ4n) is 25.2. The molecule has 704 valence electrons. The monoisotopic (exact) mass is 1900 g/mol. The molecule has 6 aliphatic rings. The van der Waals surface area contributed by atoms with E-state index < -0.39 is 0 Å². The second kappa shape index (κ2) is 37.4. The van der Waals surface area contributed by atoms with Crippen molar-refractivity contribution in [2.45, 2.75) is 38.5 Å². The van der Waals surface area contributed by atoms with E-state index in [1.165, 1.54) is 289 Å². The zero-order chi connectivity index (χ0) is 100. The Morgan fingerprint density at radius 1 is 0.0933 bits per heavy atom. The number of rotatable bonds is 18. The van der Waals surface area contributed by atoms with E-state index in [2.05, 4.69) is 586 Å². The highest BCUT2D eigenvalue weighted by Gasteiger charge is 2.46. The molecule has 0 amide bonds. The van der Waals surface area contributed by atoms with Crippen molar-refractivity contribution < 1.29 is 0 Å². The fraction of sp³-hybridized carbons (Fsp3) is 0.0400. The molecule has 22 aromatic carbocycles. The minimum Gasteiger partial charge on any atom is -0.0622 e. The van der Waals surface area contributed by atoms with E-state index in [0.717, 1.165) is 0 Å². The maximum Gasteiger partial charge on any atom is 0.0159 e. The fourth-order valence-corrected chi connectivity index (χ4v) is 25.2. The molecular weight excluding hydrogens is 1800 g/mol. The zero-order valence-electron chi connectivity index (χ0n) is 84.1. The second-order valence-electron chi connectivity index (χ2n) is 41.2. The Bertz CT molecular complexity index is 9280.